The average molecular weight is 233 g/mol. The van der Waals surface area contributed by atoms with Gasteiger partial charge in [0, 0.05) is 0 Å². The third-order valence-corrected chi connectivity index (χ3v) is 2.52. The van der Waals surface area contributed by atoms with Gasteiger partial charge in [-0.05, 0) is 31.7 Å². The third-order valence-electron chi connectivity index (χ3n) is 2.52. The van der Waals surface area contributed by atoms with Gasteiger partial charge in [-0.15, -0.1) is 0 Å². The summed E-state index contributed by atoms with van der Waals surface area (Å²) in [4.78, 5) is 0. The quantitative estimate of drug-likeness (QED) is 0.832. The fourth-order valence-electron chi connectivity index (χ4n) is 1.38. The van der Waals surface area contributed by atoms with E-state index < -0.39 is 23.9 Å². The van der Waals surface area contributed by atoms with Crippen LogP contribution in [0.4, 0.5) is 13.2 Å². The molecule has 0 bridgehead atoms. The van der Waals surface area contributed by atoms with E-state index in [-0.39, 0.29) is 5.56 Å². The predicted octanol–water partition coefficient (Wildman–Crippen LogP) is 1.89. The highest BCUT2D eigenvalue weighted by atomic mass is 19.3. The zero-order valence-corrected chi connectivity index (χ0v) is 9.10. The molecule has 5 heteroatoms. The van der Waals surface area contributed by atoms with E-state index in [2.05, 4.69) is 5.32 Å². The smallest absolute Gasteiger partial charge is 0.292 e. The molecule has 0 amide bonds. The highest BCUT2D eigenvalue weighted by Gasteiger charge is 2.49. The van der Waals surface area contributed by atoms with E-state index in [9.17, 15) is 18.3 Å². The molecule has 2 N–H and O–H groups in total. The summed E-state index contributed by atoms with van der Waals surface area (Å²) in [5.41, 5.74) is -2.35. The van der Waals surface area contributed by atoms with E-state index in [0.29, 0.717) is 0 Å². The van der Waals surface area contributed by atoms with Crippen LogP contribution in [0.5, 0.6) is 0 Å². The van der Waals surface area contributed by atoms with E-state index >= 15 is 0 Å². The van der Waals surface area contributed by atoms with Crippen molar-refractivity contribution in [1.82, 2.24) is 5.32 Å². The monoisotopic (exact) mass is 233 g/mol. The summed E-state index contributed by atoms with van der Waals surface area (Å²) < 4.78 is 39.8. The minimum Gasteiger partial charge on any atom is -0.379 e. The van der Waals surface area contributed by atoms with Gasteiger partial charge < -0.3 is 10.4 Å². The Kier molecular flexibility index (Phi) is 3.60. The van der Waals surface area contributed by atoms with Gasteiger partial charge in [0.25, 0.3) is 5.92 Å². The number of hydrogen-bond donors (Lipinski definition) is 2. The fraction of sp³-hybridized carbons (Fsp3) is 0.455. The predicted molar refractivity (Wildman–Crippen MR) is 54.8 cm³/mol. The maximum Gasteiger partial charge on any atom is 0.292 e. The van der Waals surface area contributed by atoms with Crippen LogP contribution in [0.25, 0.3) is 0 Å². The Labute approximate surface area is 92.1 Å². The molecule has 0 fully saturated rings. The second-order valence-corrected chi connectivity index (χ2v) is 3.81. The van der Waals surface area contributed by atoms with E-state index in [4.69, 9.17) is 0 Å². The standard InChI is InChI=1S/C11H14F3NO/c1-10(16,11(13,14)7-15-2)8-3-5-9(12)6-4-8/h3-6,15-16H,7H2,1-2H3. The van der Waals surface area contributed by atoms with Gasteiger partial charge in [0.1, 0.15) is 5.82 Å². The molecule has 16 heavy (non-hydrogen) atoms. The molecule has 1 unspecified atom stereocenters. The van der Waals surface area contributed by atoms with Crippen LogP contribution in [0.15, 0.2) is 24.3 Å². The molecule has 1 aromatic carbocycles. The van der Waals surface area contributed by atoms with Crippen molar-refractivity contribution in [2.45, 2.75) is 18.4 Å². The van der Waals surface area contributed by atoms with E-state index in [0.717, 1.165) is 31.2 Å². The molecular formula is C11H14F3NO. The first-order chi connectivity index (χ1) is 7.31. The summed E-state index contributed by atoms with van der Waals surface area (Å²) in [5.74, 6) is -3.86. The summed E-state index contributed by atoms with van der Waals surface area (Å²) in [6.45, 7) is 0.356. The number of hydrogen-bond acceptors (Lipinski definition) is 2. The van der Waals surface area contributed by atoms with Gasteiger partial charge in [-0.1, -0.05) is 12.1 Å². The molecule has 0 aliphatic carbocycles. The zero-order chi connectivity index (χ0) is 12.4. The number of aliphatic hydroxyl groups is 1. The Hall–Kier alpha value is -1.07. The van der Waals surface area contributed by atoms with Crippen LogP contribution < -0.4 is 5.32 Å². The molecule has 0 aliphatic rings. The first-order valence-electron chi connectivity index (χ1n) is 4.82. The normalized spacial score (nSPS) is 15.9. The van der Waals surface area contributed by atoms with Gasteiger partial charge in [-0.3, -0.25) is 0 Å². The molecule has 0 aromatic heterocycles. The molecule has 1 atom stereocenters. The summed E-state index contributed by atoms with van der Waals surface area (Å²) in [5, 5.41) is 12.1. The molecule has 90 valence electrons. The minimum absolute atomic E-state index is 0.0193. The largest absolute Gasteiger partial charge is 0.379 e. The molecule has 0 radical (unpaired) electrons. The first kappa shape index (κ1) is 13.0. The molecule has 0 saturated carbocycles. The minimum atomic E-state index is -3.33. The maximum absolute atomic E-state index is 13.6. The van der Waals surface area contributed by atoms with Gasteiger partial charge in [-0.2, -0.15) is 0 Å². The van der Waals surface area contributed by atoms with Gasteiger partial charge in [0.2, 0.25) is 0 Å². The molecular weight excluding hydrogens is 219 g/mol. The van der Waals surface area contributed by atoms with Gasteiger partial charge in [0.15, 0.2) is 5.60 Å². The number of alkyl halides is 2. The number of benzene rings is 1. The Morgan fingerprint density at radius 3 is 2.19 bits per heavy atom. The van der Waals surface area contributed by atoms with Crippen molar-refractivity contribution in [3.63, 3.8) is 0 Å². The molecule has 2 nitrogen and oxygen atoms in total. The molecule has 0 spiro atoms. The van der Waals surface area contributed by atoms with Crippen molar-refractivity contribution < 1.29 is 18.3 Å². The fourth-order valence-corrected chi connectivity index (χ4v) is 1.38. The Morgan fingerprint density at radius 2 is 1.75 bits per heavy atom. The maximum atomic E-state index is 13.6. The molecule has 1 rings (SSSR count). The second kappa shape index (κ2) is 4.43. The Morgan fingerprint density at radius 1 is 1.25 bits per heavy atom. The molecule has 0 saturated heterocycles. The Bertz CT molecular complexity index is 349. The lowest BCUT2D eigenvalue weighted by Crippen LogP contribution is -2.48. The Balaban J connectivity index is 3.05. The van der Waals surface area contributed by atoms with Crippen molar-refractivity contribution in [2.75, 3.05) is 13.6 Å². The van der Waals surface area contributed by atoms with Crippen LogP contribution in [-0.4, -0.2) is 24.6 Å². The van der Waals surface area contributed by atoms with Crippen molar-refractivity contribution in [1.29, 1.82) is 0 Å². The lowest BCUT2D eigenvalue weighted by atomic mass is 9.89. The van der Waals surface area contributed by atoms with Crippen LogP contribution in [0.2, 0.25) is 0 Å². The summed E-state index contributed by atoms with van der Waals surface area (Å²) in [7, 11) is 1.37. The van der Waals surface area contributed by atoms with Crippen molar-refractivity contribution in [3.05, 3.63) is 35.6 Å². The third kappa shape index (κ3) is 2.36. The SMILES string of the molecule is CNCC(F)(F)C(C)(O)c1ccc(F)cc1. The zero-order valence-electron chi connectivity index (χ0n) is 9.10. The number of rotatable bonds is 4. The van der Waals surface area contributed by atoms with Gasteiger partial charge >= 0.3 is 0 Å². The van der Waals surface area contributed by atoms with Crippen LogP contribution in [0.3, 0.4) is 0 Å². The van der Waals surface area contributed by atoms with Crippen LogP contribution in [0.1, 0.15) is 12.5 Å². The van der Waals surface area contributed by atoms with Gasteiger partial charge in [-0.25, -0.2) is 13.2 Å². The summed E-state index contributed by atoms with van der Waals surface area (Å²) >= 11 is 0. The lowest BCUT2D eigenvalue weighted by molar-refractivity contribution is -0.173. The second-order valence-electron chi connectivity index (χ2n) is 3.81. The van der Waals surface area contributed by atoms with Crippen molar-refractivity contribution in [2.24, 2.45) is 0 Å². The number of halogens is 3. The summed E-state index contributed by atoms with van der Waals surface area (Å²) in [6.07, 6.45) is 0. The first-order valence-corrected chi connectivity index (χ1v) is 4.82. The van der Waals surface area contributed by atoms with Gasteiger partial charge in [0.05, 0.1) is 6.54 Å². The van der Waals surface area contributed by atoms with Crippen molar-refractivity contribution >= 4 is 0 Å². The average Bonchev–Trinajstić information content (AvgIpc) is 2.18. The van der Waals surface area contributed by atoms with E-state index in [1.165, 1.54) is 7.05 Å². The number of nitrogens with one attached hydrogen (secondary N) is 1. The molecule has 0 aliphatic heterocycles. The highest BCUT2D eigenvalue weighted by molar-refractivity contribution is 5.25. The van der Waals surface area contributed by atoms with Crippen LogP contribution >= 0.6 is 0 Å². The highest BCUT2D eigenvalue weighted by Crippen LogP contribution is 2.36. The van der Waals surface area contributed by atoms with E-state index in [1.807, 2.05) is 0 Å². The molecule has 0 heterocycles. The molecule has 1 aromatic rings. The van der Waals surface area contributed by atoms with E-state index in [1.54, 1.807) is 0 Å². The van der Waals surface area contributed by atoms with Crippen LogP contribution in [0, 0.1) is 5.82 Å². The topological polar surface area (TPSA) is 32.3 Å². The lowest BCUT2D eigenvalue weighted by Gasteiger charge is -2.32. The van der Waals surface area contributed by atoms with Crippen LogP contribution in [-0.2, 0) is 5.60 Å². The summed E-state index contributed by atoms with van der Waals surface area (Å²) in [6, 6.07) is 4.39. The van der Waals surface area contributed by atoms with Crippen molar-refractivity contribution in [3.8, 4) is 0 Å².